The van der Waals surface area contributed by atoms with E-state index < -0.39 is 6.29 Å². The van der Waals surface area contributed by atoms with E-state index in [0.29, 0.717) is 5.92 Å². The minimum atomic E-state index is -0.884. The molecule has 0 aromatic heterocycles. The van der Waals surface area contributed by atoms with Gasteiger partial charge < -0.3 is 15.2 Å². The van der Waals surface area contributed by atoms with Crippen LogP contribution >= 0.6 is 0 Å². The number of nitrogens with one attached hydrogen (secondary N) is 1. The zero-order chi connectivity index (χ0) is 11.6. The molecule has 0 aliphatic carbocycles. The van der Waals surface area contributed by atoms with Crippen LogP contribution in [0.1, 0.15) is 34.1 Å². The lowest BCUT2D eigenvalue weighted by Crippen LogP contribution is -2.56. The summed E-state index contributed by atoms with van der Waals surface area (Å²) < 4.78 is 5.47. The van der Waals surface area contributed by atoms with E-state index in [9.17, 15) is 9.90 Å². The van der Waals surface area contributed by atoms with Crippen LogP contribution in [0, 0.1) is 11.8 Å². The Morgan fingerprint density at radius 3 is 2.47 bits per heavy atom. The normalized spacial score (nSPS) is 41.3. The second kappa shape index (κ2) is 4.94. The minimum absolute atomic E-state index is 0.0833. The van der Waals surface area contributed by atoms with Crippen LogP contribution < -0.4 is 5.32 Å². The van der Waals surface area contributed by atoms with Gasteiger partial charge in [0.25, 0.3) is 0 Å². The van der Waals surface area contributed by atoms with Gasteiger partial charge in [0.05, 0.1) is 12.1 Å². The number of carbonyl (C=O) groups excluding carboxylic acids is 1. The van der Waals surface area contributed by atoms with Gasteiger partial charge >= 0.3 is 0 Å². The molecular weight excluding hydrogens is 194 g/mol. The smallest absolute Gasteiger partial charge is 0.217 e. The lowest BCUT2D eigenvalue weighted by atomic mass is 9.81. The van der Waals surface area contributed by atoms with Gasteiger partial charge in [-0.25, -0.2) is 0 Å². The number of hydrogen-bond acceptors (Lipinski definition) is 3. The first kappa shape index (κ1) is 12.5. The molecule has 0 spiro atoms. The number of aliphatic hydroxyl groups is 1. The first-order valence-corrected chi connectivity index (χ1v) is 5.58. The van der Waals surface area contributed by atoms with Crippen molar-refractivity contribution in [2.24, 2.45) is 11.8 Å². The highest BCUT2D eigenvalue weighted by Gasteiger charge is 2.40. The first-order valence-electron chi connectivity index (χ1n) is 5.58. The molecule has 5 unspecified atom stereocenters. The van der Waals surface area contributed by atoms with E-state index in [0.717, 1.165) is 6.42 Å². The SMILES string of the molecule is CCC1OC(O)C(NC(C)=O)C(C)C1C. The van der Waals surface area contributed by atoms with Crippen LogP contribution in [0.2, 0.25) is 0 Å². The Morgan fingerprint density at radius 1 is 1.40 bits per heavy atom. The standard InChI is InChI=1S/C11H21NO3/c1-5-9-6(2)7(3)10(11(14)15-9)12-8(4)13/h6-7,9-11,14H,5H2,1-4H3,(H,12,13). The highest BCUT2D eigenvalue weighted by atomic mass is 16.6. The summed E-state index contributed by atoms with van der Waals surface area (Å²) in [5.41, 5.74) is 0. The Bertz CT molecular complexity index is 232. The highest BCUT2D eigenvalue weighted by Crippen LogP contribution is 2.31. The summed E-state index contributed by atoms with van der Waals surface area (Å²) in [4.78, 5) is 11.0. The summed E-state index contributed by atoms with van der Waals surface area (Å²) in [5.74, 6) is 0.439. The van der Waals surface area contributed by atoms with Crippen molar-refractivity contribution in [1.29, 1.82) is 0 Å². The fraction of sp³-hybridized carbons (Fsp3) is 0.909. The molecule has 1 aliphatic heterocycles. The summed E-state index contributed by atoms with van der Waals surface area (Å²) in [6.07, 6.45) is 0.0834. The molecule has 88 valence electrons. The Kier molecular flexibility index (Phi) is 4.11. The number of rotatable bonds is 2. The molecule has 0 radical (unpaired) electrons. The lowest BCUT2D eigenvalue weighted by Gasteiger charge is -2.42. The Morgan fingerprint density at radius 2 is 2.00 bits per heavy atom. The third-order valence-corrected chi connectivity index (χ3v) is 3.38. The number of carbonyl (C=O) groups is 1. The maximum atomic E-state index is 11.0. The maximum Gasteiger partial charge on any atom is 0.217 e. The molecule has 0 saturated carbocycles. The molecule has 0 bridgehead atoms. The van der Waals surface area contributed by atoms with E-state index in [-0.39, 0.29) is 24.0 Å². The minimum Gasteiger partial charge on any atom is -0.366 e. The van der Waals surface area contributed by atoms with Crippen molar-refractivity contribution in [3.8, 4) is 0 Å². The van der Waals surface area contributed by atoms with Crippen LogP contribution in [0.3, 0.4) is 0 Å². The average Bonchev–Trinajstić information content (AvgIpc) is 2.18. The van der Waals surface area contributed by atoms with E-state index in [1.165, 1.54) is 6.92 Å². The second-order valence-electron chi connectivity index (χ2n) is 4.42. The van der Waals surface area contributed by atoms with E-state index in [2.05, 4.69) is 12.2 Å². The van der Waals surface area contributed by atoms with E-state index in [4.69, 9.17) is 4.74 Å². The first-order chi connectivity index (χ1) is 6.97. The van der Waals surface area contributed by atoms with Gasteiger partial charge in [-0.05, 0) is 18.3 Å². The molecule has 1 aliphatic rings. The molecule has 1 saturated heterocycles. The predicted octanol–water partition coefficient (Wildman–Crippen LogP) is 0.890. The largest absolute Gasteiger partial charge is 0.366 e. The summed E-state index contributed by atoms with van der Waals surface area (Å²) in [7, 11) is 0. The van der Waals surface area contributed by atoms with Gasteiger partial charge in [-0.2, -0.15) is 0 Å². The summed E-state index contributed by atoms with van der Waals surface area (Å²) in [5, 5.41) is 12.5. The van der Waals surface area contributed by atoms with Crippen molar-refractivity contribution >= 4 is 5.91 Å². The zero-order valence-corrected chi connectivity index (χ0v) is 9.86. The van der Waals surface area contributed by atoms with Crippen LogP contribution in [0.5, 0.6) is 0 Å². The fourth-order valence-corrected chi connectivity index (χ4v) is 2.22. The Labute approximate surface area is 91.0 Å². The molecule has 0 aromatic carbocycles. The molecule has 2 N–H and O–H groups in total. The summed E-state index contributed by atoms with van der Waals surface area (Å²) in [6, 6.07) is -0.291. The van der Waals surface area contributed by atoms with Crippen molar-refractivity contribution in [3.63, 3.8) is 0 Å². The van der Waals surface area contributed by atoms with Crippen LogP contribution in [-0.4, -0.2) is 29.4 Å². The van der Waals surface area contributed by atoms with E-state index in [1.807, 2.05) is 13.8 Å². The Balaban J connectivity index is 2.70. The third kappa shape index (κ3) is 2.69. The van der Waals surface area contributed by atoms with Crippen LogP contribution in [0.25, 0.3) is 0 Å². The molecule has 0 aromatic rings. The van der Waals surface area contributed by atoms with Crippen LogP contribution in [0.15, 0.2) is 0 Å². The van der Waals surface area contributed by atoms with Crippen molar-refractivity contribution in [3.05, 3.63) is 0 Å². The maximum absolute atomic E-state index is 11.0. The van der Waals surface area contributed by atoms with E-state index >= 15 is 0 Å². The van der Waals surface area contributed by atoms with Gasteiger partial charge in [-0.3, -0.25) is 4.79 Å². The van der Waals surface area contributed by atoms with Gasteiger partial charge in [0, 0.05) is 6.92 Å². The molecule has 1 amide bonds. The molecule has 4 nitrogen and oxygen atoms in total. The van der Waals surface area contributed by atoms with Crippen molar-refractivity contribution < 1.29 is 14.6 Å². The quantitative estimate of drug-likeness (QED) is 0.719. The van der Waals surface area contributed by atoms with Crippen molar-refractivity contribution in [1.82, 2.24) is 5.32 Å². The van der Waals surface area contributed by atoms with Gasteiger partial charge in [0.1, 0.15) is 0 Å². The number of ether oxygens (including phenoxy) is 1. The highest BCUT2D eigenvalue weighted by molar-refractivity contribution is 5.73. The molecule has 1 rings (SSSR count). The van der Waals surface area contributed by atoms with Gasteiger partial charge in [0.15, 0.2) is 6.29 Å². The van der Waals surface area contributed by atoms with Crippen LogP contribution in [0.4, 0.5) is 0 Å². The predicted molar refractivity (Wildman–Crippen MR) is 57.1 cm³/mol. The van der Waals surface area contributed by atoms with Gasteiger partial charge in [-0.15, -0.1) is 0 Å². The van der Waals surface area contributed by atoms with Crippen molar-refractivity contribution in [2.75, 3.05) is 0 Å². The molecular formula is C11H21NO3. The average molecular weight is 215 g/mol. The summed E-state index contributed by atoms with van der Waals surface area (Å²) >= 11 is 0. The molecule has 1 heterocycles. The molecule has 5 atom stereocenters. The number of aliphatic hydroxyl groups excluding tert-OH is 1. The van der Waals surface area contributed by atoms with Crippen molar-refractivity contribution in [2.45, 2.75) is 52.6 Å². The third-order valence-electron chi connectivity index (χ3n) is 3.38. The monoisotopic (exact) mass is 215 g/mol. The lowest BCUT2D eigenvalue weighted by molar-refractivity contribution is -0.212. The summed E-state index contributed by atoms with van der Waals surface area (Å²) in [6.45, 7) is 7.63. The van der Waals surface area contributed by atoms with Gasteiger partial charge in [0.2, 0.25) is 5.91 Å². The fourth-order valence-electron chi connectivity index (χ4n) is 2.22. The number of hydrogen-bond donors (Lipinski definition) is 2. The second-order valence-corrected chi connectivity index (χ2v) is 4.42. The molecule has 4 heteroatoms. The Hall–Kier alpha value is -0.610. The number of amides is 1. The van der Waals surface area contributed by atoms with Crippen LogP contribution in [-0.2, 0) is 9.53 Å². The zero-order valence-electron chi connectivity index (χ0n) is 9.86. The van der Waals surface area contributed by atoms with Gasteiger partial charge in [-0.1, -0.05) is 20.8 Å². The van der Waals surface area contributed by atoms with E-state index in [1.54, 1.807) is 0 Å². The molecule has 1 fully saturated rings. The topological polar surface area (TPSA) is 58.6 Å². The molecule has 15 heavy (non-hydrogen) atoms.